The standard InChI is InChI=1S/C4H6Cl4O.Zr/c5-3(9)1-2-4(6,7)8;/h3,9H,1-2H2;. The average Bonchev–Trinajstić information content (AvgIpc) is 1.59. The normalized spacial score (nSPS) is 14.1. The van der Waals surface area contributed by atoms with Gasteiger partial charge in [-0.2, -0.15) is 0 Å². The molecular weight excluding hydrogens is 297 g/mol. The maximum atomic E-state index is 8.51. The molecule has 0 bridgehead atoms. The summed E-state index contributed by atoms with van der Waals surface area (Å²) in [6.07, 6.45) is 0.556. The van der Waals surface area contributed by atoms with Crippen molar-refractivity contribution in [1.82, 2.24) is 0 Å². The molecule has 0 aliphatic heterocycles. The van der Waals surface area contributed by atoms with Gasteiger partial charge in [-0.3, -0.25) is 0 Å². The van der Waals surface area contributed by atoms with E-state index in [9.17, 15) is 0 Å². The molecule has 1 atom stereocenters. The van der Waals surface area contributed by atoms with E-state index >= 15 is 0 Å². The van der Waals surface area contributed by atoms with Crippen LogP contribution in [0.1, 0.15) is 12.8 Å². The van der Waals surface area contributed by atoms with Gasteiger partial charge in [0.1, 0.15) is 5.56 Å². The van der Waals surface area contributed by atoms with Crippen LogP contribution < -0.4 is 0 Å². The van der Waals surface area contributed by atoms with Crippen LogP contribution in [-0.2, 0) is 26.2 Å². The van der Waals surface area contributed by atoms with Gasteiger partial charge in [-0.15, -0.1) is 0 Å². The Morgan fingerprint density at radius 2 is 1.70 bits per heavy atom. The largest absolute Gasteiger partial charge is 0.378 e. The molecule has 0 spiro atoms. The molecule has 0 aliphatic carbocycles. The molecule has 60 valence electrons. The van der Waals surface area contributed by atoms with Crippen LogP contribution >= 0.6 is 46.4 Å². The molecule has 0 fully saturated rings. The molecule has 0 aromatic carbocycles. The van der Waals surface area contributed by atoms with E-state index in [0.29, 0.717) is 0 Å². The maximum Gasteiger partial charge on any atom is 0.190 e. The van der Waals surface area contributed by atoms with Crippen LogP contribution in [0, 0.1) is 0 Å². The number of aliphatic hydroxyl groups excluding tert-OH is 1. The van der Waals surface area contributed by atoms with Gasteiger partial charge in [0, 0.05) is 26.2 Å². The van der Waals surface area contributed by atoms with Crippen molar-refractivity contribution in [2.45, 2.75) is 22.2 Å². The summed E-state index contributed by atoms with van der Waals surface area (Å²) in [4.78, 5) is 0. The summed E-state index contributed by atoms with van der Waals surface area (Å²) in [6, 6.07) is 0. The Kier molecular flexibility index (Phi) is 9.46. The van der Waals surface area contributed by atoms with Crippen molar-refractivity contribution in [1.29, 1.82) is 0 Å². The van der Waals surface area contributed by atoms with Crippen molar-refractivity contribution in [3.05, 3.63) is 0 Å². The van der Waals surface area contributed by atoms with Gasteiger partial charge >= 0.3 is 0 Å². The predicted molar refractivity (Wildman–Crippen MR) is 41.4 cm³/mol. The van der Waals surface area contributed by atoms with Crippen LogP contribution in [-0.4, -0.2) is 14.5 Å². The first-order valence-electron chi connectivity index (χ1n) is 2.31. The minimum absolute atomic E-state index is 0. The first kappa shape index (κ1) is 14.5. The zero-order chi connectivity index (χ0) is 7.49. The van der Waals surface area contributed by atoms with Gasteiger partial charge < -0.3 is 5.11 Å². The number of aliphatic hydroxyl groups is 1. The molecule has 1 nitrogen and oxygen atoms in total. The molecule has 1 N–H and O–H groups in total. The van der Waals surface area contributed by atoms with Gasteiger partial charge in [0.25, 0.3) is 0 Å². The number of rotatable bonds is 2. The fourth-order valence-corrected chi connectivity index (χ4v) is 0.719. The summed E-state index contributed by atoms with van der Waals surface area (Å²) in [7, 11) is 0. The first-order valence-corrected chi connectivity index (χ1v) is 3.88. The number of hydrogen-bond acceptors (Lipinski definition) is 1. The molecule has 0 rings (SSSR count). The Labute approximate surface area is 99.1 Å². The van der Waals surface area contributed by atoms with Gasteiger partial charge in [0.2, 0.25) is 0 Å². The fraction of sp³-hybridized carbons (Fsp3) is 1.00. The fourth-order valence-electron chi connectivity index (χ4n) is 0.283. The maximum absolute atomic E-state index is 8.51. The van der Waals surface area contributed by atoms with Crippen LogP contribution in [0.25, 0.3) is 0 Å². The zero-order valence-corrected chi connectivity index (χ0v) is 10.4. The van der Waals surface area contributed by atoms with Crippen LogP contribution in [0.5, 0.6) is 0 Å². The van der Waals surface area contributed by atoms with Crippen LogP contribution in [0.15, 0.2) is 0 Å². The third kappa shape index (κ3) is 12.7. The van der Waals surface area contributed by atoms with Crippen molar-refractivity contribution in [3.8, 4) is 0 Å². The third-order valence-electron chi connectivity index (χ3n) is 0.666. The molecule has 0 radical (unpaired) electrons. The van der Waals surface area contributed by atoms with Crippen molar-refractivity contribution in [2.75, 3.05) is 0 Å². The van der Waals surface area contributed by atoms with Gasteiger partial charge in [-0.1, -0.05) is 46.4 Å². The Balaban J connectivity index is 0. The topological polar surface area (TPSA) is 20.2 Å². The van der Waals surface area contributed by atoms with E-state index in [2.05, 4.69) is 0 Å². The molecule has 1 unspecified atom stereocenters. The molecule has 0 amide bonds. The Hall–Kier alpha value is 2.00. The van der Waals surface area contributed by atoms with Crippen molar-refractivity contribution < 1.29 is 31.3 Å². The Bertz CT molecular complexity index is 81.8. The van der Waals surface area contributed by atoms with E-state index in [4.69, 9.17) is 51.5 Å². The van der Waals surface area contributed by atoms with E-state index in [-0.39, 0.29) is 39.0 Å². The number of halogens is 4. The quantitative estimate of drug-likeness (QED) is 0.778. The van der Waals surface area contributed by atoms with E-state index in [1.165, 1.54) is 0 Å². The average molecular weight is 303 g/mol. The summed E-state index contributed by atoms with van der Waals surface area (Å²) in [5, 5.41) is 8.51. The van der Waals surface area contributed by atoms with Gasteiger partial charge in [0.15, 0.2) is 3.79 Å². The van der Waals surface area contributed by atoms with Crippen LogP contribution in [0.4, 0.5) is 0 Å². The molecule has 0 saturated carbocycles. The molecule has 10 heavy (non-hydrogen) atoms. The number of alkyl halides is 4. The summed E-state index contributed by atoms with van der Waals surface area (Å²) >= 11 is 21.2. The molecule has 6 heteroatoms. The third-order valence-corrected chi connectivity index (χ3v) is 1.45. The van der Waals surface area contributed by atoms with Crippen molar-refractivity contribution in [2.24, 2.45) is 0 Å². The van der Waals surface area contributed by atoms with E-state index in [0.717, 1.165) is 0 Å². The minimum atomic E-state index is -1.30. The monoisotopic (exact) mass is 300 g/mol. The summed E-state index contributed by atoms with van der Waals surface area (Å²) in [6.45, 7) is 0. The first-order chi connectivity index (χ1) is 3.92. The van der Waals surface area contributed by atoms with Crippen molar-refractivity contribution in [3.63, 3.8) is 0 Å². The summed E-state index contributed by atoms with van der Waals surface area (Å²) < 4.78 is -1.30. The number of hydrogen-bond donors (Lipinski definition) is 1. The Morgan fingerprint density at radius 1 is 1.30 bits per heavy atom. The van der Waals surface area contributed by atoms with E-state index in [1.54, 1.807) is 0 Å². The second-order valence-electron chi connectivity index (χ2n) is 1.59. The molecule has 0 heterocycles. The smallest absolute Gasteiger partial charge is 0.190 e. The van der Waals surface area contributed by atoms with E-state index in [1.807, 2.05) is 0 Å². The predicted octanol–water partition coefficient (Wildman–Crippen LogP) is 2.69. The summed E-state index contributed by atoms with van der Waals surface area (Å²) in [5.74, 6) is 0. The van der Waals surface area contributed by atoms with Crippen LogP contribution in [0.3, 0.4) is 0 Å². The minimum Gasteiger partial charge on any atom is -0.378 e. The second-order valence-corrected chi connectivity index (χ2v) is 4.61. The SMILES string of the molecule is OC(Cl)CCC(Cl)(Cl)Cl.[Zr]. The van der Waals surface area contributed by atoms with Gasteiger partial charge in [-0.25, -0.2) is 0 Å². The Morgan fingerprint density at radius 3 is 1.80 bits per heavy atom. The van der Waals surface area contributed by atoms with Gasteiger partial charge in [0.05, 0.1) is 0 Å². The van der Waals surface area contributed by atoms with Crippen molar-refractivity contribution >= 4 is 46.4 Å². The molecule has 0 saturated heterocycles. The zero-order valence-electron chi connectivity index (χ0n) is 4.95. The molecule has 0 aliphatic rings. The molecular formula is C4H6Cl4OZr. The molecule has 0 aromatic rings. The summed E-state index contributed by atoms with van der Waals surface area (Å²) in [5.41, 5.74) is -0.916. The van der Waals surface area contributed by atoms with E-state index < -0.39 is 9.36 Å². The van der Waals surface area contributed by atoms with Crippen LogP contribution in [0.2, 0.25) is 0 Å². The molecule has 0 aromatic heterocycles. The van der Waals surface area contributed by atoms with Gasteiger partial charge in [-0.05, 0) is 12.8 Å². The second kappa shape index (κ2) is 6.51.